The number of aromatic nitrogens is 1. The maximum atomic E-state index is 14.0. The van der Waals surface area contributed by atoms with Crippen molar-refractivity contribution in [3.8, 4) is 16.2 Å². The van der Waals surface area contributed by atoms with Crippen molar-refractivity contribution in [2.45, 2.75) is 75.1 Å². The van der Waals surface area contributed by atoms with Gasteiger partial charge in [0.05, 0.1) is 64.3 Å². The molecule has 308 valence electrons. The van der Waals surface area contributed by atoms with Crippen LogP contribution in [0.15, 0.2) is 76.0 Å². The number of non-ortho nitro benzene ring substituents is 1. The number of hydrogen-bond acceptors (Lipinski definition) is 13. The molecule has 0 bridgehead atoms. The summed E-state index contributed by atoms with van der Waals surface area (Å²) in [5.41, 5.74) is 5.69. The van der Waals surface area contributed by atoms with Gasteiger partial charge in [0.25, 0.3) is 5.69 Å². The van der Waals surface area contributed by atoms with Gasteiger partial charge in [0, 0.05) is 34.9 Å². The Labute approximate surface area is 345 Å². The number of thiazole rings is 1. The summed E-state index contributed by atoms with van der Waals surface area (Å²) in [5.74, 6) is -0.719. The number of β-amino-alcohol motifs (C(OH)–C–C–N with tert-alkyl or cyclic N) is 1. The molecule has 15 nitrogen and oxygen atoms in total. The molecule has 2 unspecified atom stereocenters. The van der Waals surface area contributed by atoms with Gasteiger partial charge in [0.15, 0.2) is 0 Å². The summed E-state index contributed by atoms with van der Waals surface area (Å²) in [6.07, 6.45) is -0.803. The molecule has 3 amide bonds. The van der Waals surface area contributed by atoms with Gasteiger partial charge in [-0.3, -0.25) is 24.5 Å². The van der Waals surface area contributed by atoms with Crippen LogP contribution in [0.2, 0.25) is 0 Å². The molecule has 4 N–H and O–H groups in total. The Hall–Kier alpha value is -5.07. The average molecular weight is 833 g/mol. The third-order valence-corrected chi connectivity index (χ3v) is 11.9. The highest BCUT2D eigenvalue weighted by atomic mass is 32.2. The van der Waals surface area contributed by atoms with E-state index in [2.05, 4.69) is 20.9 Å². The van der Waals surface area contributed by atoms with Gasteiger partial charge in [-0.15, -0.1) is 11.3 Å². The molecule has 2 aliphatic rings. The molecule has 4 aromatic rings. The van der Waals surface area contributed by atoms with Crippen LogP contribution in [0.5, 0.6) is 5.75 Å². The number of rotatable bonds is 16. The largest absolute Gasteiger partial charge is 0.491 e. The Kier molecular flexibility index (Phi) is 13.7. The van der Waals surface area contributed by atoms with Crippen LogP contribution < -0.4 is 20.7 Å². The van der Waals surface area contributed by atoms with Gasteiger partial charge in [-0.2, -0.15) is 0 Å². The van der Waals surface area contributed by atoms with Crippen LogP contribution in [0, 0.1) is 22.5 Å². The maximum Gasteiger partial charge on any atom is 0.270 e. The van der Waals surface area contributed by atoms with Crippen LogP contribution in [0.4, 0.5) is 17.1 Å². The summed E-state index contributed by atoms with van der Waals surface area (Å²) >= 11 is 2.99. The number of nitro benzene ring substituents is 1. The second kappa shape index (κ2) is 18.7. The number of hydrogen-bond donors (Lipinski definition) is 4. The summed E-state index contributed by atoms with van der Waals surface area (Å²) in [5, 5.41) is 30.8. The number of benzene rings is 3. The van der Waals surface area contributed by atoms with E-state index >= 15 is 0 Å². The minimum Gasteiger partial charge on any atom is -0.491 e. The summed E-state index contributed by atoms with van der Waals surface area (Å²) in [6.45, 7) is 9.81. The highest BCUT2D eigenvalue weighted by molar-refractivity contribution is 7.99. The zero-order chi connectivity index (χ0) is 41.6. The molecule has 4 atom stereocenters. The first kappa shape index (κ1) is 42.5. The fourth-order valence-corrected chi connectivity index (χ4v) is 8.54. The first-order valence-electron chi connectivity index (χ1n) is 18.9. The van der Waals surface area contributed by atoms with Crippen molar-refractivity contribution in [1.29, 1.82) is 0 Å². The molecule has 1 aromatic heterocycles. The zero-order valence-electron chi connectivity index (χ0n) is 33.0. The summed E-state index contributed by atoms with van der Waals surface area (Å²) < 4.78 is 17.0. The minimum absolute atomic E-state index is 0.0253. The monoisotopic (exact) mass is 832 g/mol. The van der Waals surface area contributed by atoms with E-state index in [1.807, 2.05) is 82.6 Å². The first-order chi connectivity index (χ1) is 27.7. The number of nitro groups is 1. The predicted octanol–water partition coefficient (Wildman–Crippen LogP) is 6.02. The molecule has 3 heterocycles. The van der Waals surface area contributed by atoms with Crippen molar-refractivity contribution in [3.05, 3.63) is 87.5 Å². The molecule has 1 saturated heterocycles. The number of fused-ring (bicyclic) bond motifs is 2. The lowest BCUT2D eigenvalue weighted by molar-refractivity contribution is -0.385. The predicted molar refractivity (Wildman–Crippen MR) is 220 cm³/mol. The smallest absolute Gasteiger partial charge is 0.270 e. The van der Waals surface area contributed by atoms with E-state index < -0.39 is 40.3 Å². The Morgan fingerprint density at radius 3 is 2.38 bits per heavy atom. The number of nitrogens with one attached hydrogen (secondary N) is 3. The molecule has 0 saturated carbocycles. The van der Waals surface area contributed by atoms with E-state index in [0.717, 1.165) is 42.9 Å². The van der Waals surface area contributed by atoms with E-state index in [1.54, 1.807) is 17.4 Å². The maximum absolute atomic E-state index is 14.0. The molecule has 3 aromatic carbocycles. The Bertz CT molecular complexity index is 2120. The lowest BCUT2D eigenvalue weighted by Crippen LogP contribution is -2.58. The van der Waals surface area contributed by atoms with Crippen LogP contribution in [-0.2, 0) is 23.9 Å². The number of carbonyl (C=O) groups is 3. The molecule has 0 radical (unpaired) electrons. The third kappa shape index (κ3) is 10.5. The highest BCUT2D eigenvalue weighted by Gasteiger charge is 2.44. The van der Waals surface area contributed by atoms with Crippen molar-refractivity contribution in [2.75, 3.05) is 44.9 Å². The lowest BCUT2D eigenvalue weighted by Gasteiger charge is -2.35. The van der Waals surface area contributed by atoms with Gasteiger partial charge in [0.1, 0.15) is 31.0 Å². The number of anilines is 2. The minimum atomic E-state index is -0.983. The fourth-order valence-electron chi connectivity index (χ4n) is 6.68. The number of aliphatic hydroxyl groups excluding tert-OH is 1. The molecule has 6 rings (SSSR count). The third-order valence-electron chi connectivity index (χ3n) is 9.78. The molecule has 0 spiro atoms. The van der Waals surface area contributed by atoms with E-state index in [-0.39, 0.29) is 63.6 Å². The average Bonchev–Trinajstić information content (AvgIpc) is 3.81. The van der Waals surface area contributed by atoms with Crippen LogP contribution in [0.25, 0.3) is 10.4 Å². The quantitative estimate of drug-likeness (QED) is 0.0514. The van der Waals surface area contributed by atoms with E-state index in [1.165, 1.54) is 28.8 Å². The fraction of sp³-hybridized carbons (Fsp3) is 0.415. The van der Waals surface area contributed by atoms with Crippen molar-refractivity contribution in [3.63, 3.8) is 0 Å². The molecule has 1 fully saturated rings. The highest BCUT2D eigenvalue weighted by Crippen LogP contribution is 2.46. The number of likely N-dealkylation sites (tertiary alicyclic amines) is 1. The van der Waals surface area contributed by atoms with Crippen LogP contribution in [0.1, 0.15) is 51.4 Å². The van der Waals surface area contributed by atoms with Gasteiger partial charge in [-0.25, -0.2) is 4.98 Å². The lowest BCUT2D eigenvalue weighted by atomic mass is 9.85. The number of nitrogens with zero attached hydrogens (tertiary/aromatic N) is 3. The van der Waals surface area contributed by atoms with E-state index in [9.17, 15) is 29.6 Å². The Morgan fingerprint density at radius 2 is 1.69 bits per heavy atom. The van der Waals surface area contributed by atoms with E-state index in [0.29, 0.717) is 5.75 Å². The van der Waals surface area contributed by atoms with Crippen LogP contribution in [0.3, 0.4) is 0 Å². The summed E-state index contributed by atoms with van der Waals surface area (Å²) in [7, 11) is 0. The molecule has 17 heteroatoms. The molecule has 58 heavy (non-hydrogen) atoms. The van der Waals surface area contributed by atoms with Crippen molar-refractivity contribution in [2.24, 2.45) is 5.41 Å². The van der Waals surface area contributed by atoms with Gasteiger partial charge in [0.2, 0.25) is 17.7 Å². The second-order valence-corrected chi connectivity index (χ2v) is 17.2. The molecule has 2 aliphatic heterocycles. The van der Waals surface area contributed by atoms with Crippen LogP contribution >= 0.6 is 23.1 Å². The van der Waals surface area contributed by atoms with Crippen molar-refractivity contribution < 1.29 is 38.6 Å². The standard InChI is InChI=1S/C41H48N6O9S2/c1-24(26-6-8-27(9-7-26)37-25(2)42-23-57-37)43-39(50)33-19-29(48)21-46(33)40(51)38(41(3,4)5)45-36(49)22-55-15-14-54-16-17-56-30-11-13-32-35(20-30)58-34-18-28(47(52)53)10-12-31(34)44-32/h6-13,18,20,23-24,29,33,38,44,48H,14-17,19,21-22H2,1-5H3,(H,43,50)(H,45,49)/t24-,29?,33?,38+/m0/s1. The molecular weight excluding hydrogens is 785 g/mol. The number of ether oxygens (including phenoxy) is 3. The Balaban J connectivity index is 0.921. The SMILES string of the molecule is Cc1ncsc1-c1ccc([C@H](C)NC(=O)C2CC(O)CN2C(=O)[C@@H](NC(=O)COCCOCCOc2ccc3c(c2)Sc2cc([N+](=O)[O-])ccc2N3)C(C)(C)C)cc1. The van der Waals surface area contributed by atoms with Gasteiger partial charge >= 0.3 is 0 Å². The molecular formula is C41H48N6O9S2. The molecule has 0 aliphatic carbocycles. The first-order valence-corrected chi connectivity index (χ1v) is 20.6. The number of aliphatic hydroxyl groups is 1. The van der Waals surface area contributed by atoms with Crippen molar-refractivity contribution >= 4 is 57.9 Å². The van der Waals surface area contributed by atoms with Crippen molar-refractivity contribution in [1.82, 2.24) is 20.5 Å². The number of carbonyl (C=O) groups excluding carboxylic acids is 3. The summed E-state index contributed by atoms with van der Waals surface area (Å²) in [6, 6.07) is 15.9. The number of amides is 3. The van der Waals surface area contributed by atoms with E-state index in [4.69, 9.17) is 14.2 Å². The number of aryl methyl sites for hydroxylation is 1. The zero-order valence-corrected chi connectivity index (χ0v) is 34.6. The van der Waals surface area contributed by atoms with Gasteiger partial charge in [-0.05, 0) is 54.7 Å². The van der Waals surface area contributed by atoms with Gasteiger partial charge in [-0.1, -0.05) is 56.8 Å². The normalized spacial score (nSPS) is 17.0. The summed E-state index contributed by atoms with van der Waals surface area (Å²) in [4.78, 5) is 59.7. The van der Waals surface area contributed by atoms with Crippen LogP contribution in [-0.4, -0.2) is 95.4 Å². The van der Waals surface area contributed by atoms with Gasteiger partial charge < -0.3 is 40.2 Å². The topological polar surface area (TPSA) is 194 Å². The Morgan fingerprint density at radius 1 is 1.00 bits per heavy atom. The second-order valence-electron chi connectivity index (χ2n) is 15.2.